The number of aromatic nitrogens is 1. The van der Waals surface area contributed by atoms with E-state index in [1.165, 1.54) is 26.5 Å². The number of nitrogens with zero attached hydrogens (tertiary/aromatic N) is 1. The minimum atomic E-state index is -1.07. The average Bonchev–Trinajstić information content (AvgIpc) is 2.93. The number of carbonyl (C=O) groups is 1. The Morgan fingerprint density at radius 1 is 1.40 bits per heavy atom. The highest BCUT2D eigenvalue weighted by atomic mass is 19.1. The van der Waals surface area contributed by atoms with Crippen molar-refractivity contribution >= 4 is 30.0 Å². The molecule has 1 atom stereocenters. The predicted molar refractivity (Wildman–Crippen MR) is 90.9 cm³/mol. The van der Waals surface area contributed by atoms with Crippen LogP contribution >= 0.6 is 0 Å². The molecule has 0 saturated heterocycles. The standard InChI is InChI=1S/C17H22BFNO5/c1-6-17(5,22)16(3,4)25-18-12-7-11(19)8-13-15(12)24-14(20-13)9-23-10(2)21/h7-8,22H,6,9H2,1-5H3. The second-order valence-corrected chi connectivity index (χ2v) is 6.60. The minimum absolute atomic E-state index is 0.137. The molecule has 8 heteroatoms. The van der Waals surface area contributed by atoms with E-state index in [9.17, 15) is 14.3 Å². The highest BCUT2D eigenvalue weighted by molar-refractivity contribution is 6.50. The Kier molecular flexibility index (Phi) is 5.54. The molecule has 25 heavy (non-hydrogen) atoms. The van der Waals surface area contributed by atoms with Crippen LogP contribution in [-0.2, 0) is 20.8 Å². The van der Waals surface area contributed by atoms with Crippen LogP contribution in [0, 0.1) is 5.82 Å². The molecule has 1 unspecified atom stereocenters. The summed E-state index contributed by atoms with van der Waals surface area (Å²) in [5.41, 5.74) is -1.03. The third-order valence-corrected chi connectivity index (χ3v) is 4.39. The van der Waals surface area contributed by atoms with E-state index in [2.05, 4.69) is 4.98 Å². The second-order valence-electron chi connectivity index (χ2n) is 6.60. The summed E-state index contributed by atoms with van der Waals surface area (Å²) in [6.45, 7) is 8.15. The monoisotopic (exact) mass is 350 g/mol. The van der Waals surface area contributed by atoms with Crippen LogP contribution in [0.2, 0.25) is 0 Å². The molecule has 0 aliphatic heterocycles. The fourth-order valence-corrected chi connectivity index (χ4v) is 2.15. The zero-order valence-corrected chi connectivity index (χ0v) is 15.1. The molecule has 0 aliphatic rings. The van der Waals surface area contributed by atoms with E-state index in [0.29, 0.717) is 17.5 Å². The molecule has 0 fully saturated rings. The van der Waals surface area contributed by atoms with E-state index in [1.807, 2.05) is 6.92 Å². The van der Waals surface area contributed by atoms with Gasteiger partial charge in [0.05, 0.1) is 11.2 Å². The predicted octanol–water partition coefficient (Wildman–Crippen LogP) is 2.23. The number of hydrogen-bond donors (Lipinski definition) is 1. The van der Waals surface area contributed by atoms with Gasteiger partial charge in [-0.15, -0.1) is 0 Å². The second kappa shape index (κ2) is 7.13. The highest BCUT2D eigenvalue weighted by Gasteiger charge is 2.38. The first-order valence-electron chi connectivity index (χ1n) is 8.01. The van der Waals surface area contributed by atoms with Gasteiger partial charge in [-0.25, -0.2) is 9.37 Å². The first-order chi connectivity index (χ1) is 11.6. The number of aliphatic hydroxyl groups is 1. The van der Waals surface area contributed by atoms with Crippen molar-refractivity contribution in [3.05, 3.63) is 23.8 Å². The number of carbonyl (C=O) groups excluding carboxylic acids is 1. The number of benzene rings is 1. The highest BCUT2D eigenvalue weighted by Crippen LogP contribution is 2.28. The molecule has 2 aromatic rings. The minimum Gasteiger partial charge on any atom is -0.456 e. The van der Waals surface area contributed by atoms with E-state index >= 15 is 0 Å². The SMILES string of the molecule is CCC(C)(O)C(C)(C)O[B]c1cc(F)cc2nc(COC(C)=O)oc12. The van der Waals surface area contributed by atoms with Crippen molar-refractivity contribution in [2.45, 2.75) is 58.8 Å². The topological polar surface area (TPSA) is 81.8 Å². The van der Waals surface area contributed by atoms with Crippen molar-refractivity contribution in [1.29, 1.82) is 0 Å². The molecule has 0 saturated carbocycles. The van der Waals surface area contributed by atoms with Crippen LogP contribution in [0.4, 0.5) is 4.39 Å². The molecule has 1 N–H and O–H groups in total. The van der Waals surface area contributed by atoms with Crippen LogP contribution in [0.25, 0.3) is 11.1 Å². The fraction of sp³-hybridized carbons (Fsp3) is 0.529. The van der Waals surface area contributed by atoms with Gasteiger partial charge >= 0.3 is 13.5 Å². The number of hydrogen-bond acceptors (Lipinski definition) is 6. The van der Waals surface area contributed by atoms with Gasteiger partial charge in [-0.05, 0) is 38.7 Å². The first kappa shape index (κ1) is 19.4. The number of ether oxygens (including phenoxy) is 1. The third kappa shape index (κ3) is 4.38. The molecule has 135 valence electrons. The van der Waals surface area contributed by atoms with Gasteiger partial charge < -0.3 is 18.9 Å². The molecular formula is C17H22BFNO5. The van der Waals surface area contributed by atoms with Crippen molar-refractivity contribution in [1.82, 2.24) is 4.98 Å². The number of esters is 1. The van der Waals surface area contributed by atoms with Gasteiger partial charge in [0.25, 0.3) is 0 Å². The summed E-state index contributed by atoms with van der Waals surface area (Å²) in [6, 6.07) is 2.47. The quantitative estimate of drug-likeness (QED) is 0.609. The molecular weight excluding hydrogens is 328 g/mol. The Labute approximate surface area is 146 Å². The first-order valence-corrected chi connectivity index (χ1v) is 8.01. The maximum atomic E-state index is 13.8. The van der Waals surface area contributed by atoms with Crippen LogP contribution in [0.1, 0.15) is 46.9 Å². The van der Waals surface area contributed by atoms with Gasteiger partial charge in [0.1, 0.15) is 11.3 Å². The lowest BCUT2D eigenvalue weighted by molar-refractivity contribution is -0.142. The molecule has 6 nitrogen and oxygen atoms in total. The molecule has 0 bridgehead atoms. The van der Waals surface area contributed by atoms with Gasteiger partial charge in [-0.2, -0.15) is 0 Å². The van der Waals surface area contributed by atoms with Gasteiger partial charge in [0.15, 0.2) is 12.2 Å². The van der Waals surface area contributed by atoms with E-state index in [0.717, 1.165) is 0 Å². The zero-order valence-electron chi connectivity index (χ0n) is 15.1. The Morgan fingerprint density at radius 2 is 2.08 bits per heavy atom. The summed E-state index contributed by atoms with van der Waals surface area (Å²) in [6.07, 6.45) is 0.487. The van der Waals surface area contributed by atoms with Crippen LogP contribution < -0.4 is 5.46 Å². The van der Waals surface area contributed by atoms with Crippen molar-refractivity contribution in [2.24, 2.45) is 0 Å². The smallest absolute Gasteiger partial charge is 0.334 e. The normalized spacial score (nSPS) is 14.4. The maximum absolute atomic E-state index is 13.8. The van der Waals surface area contributed by atoms with Gasteiger partial charge in [-0.3, -0.25) is 4.79 Å². The lowest BCUT2D eigenvalue weighted by atomic mass is 9.80. The molecule has 0 amide bonds. The van der Waals surface area contributed by atoms with Crippen molar-refractivity contribution in [3.63, 3.8) is 0 Å². The van der Waals surface area contributed by atoms with Crippen molar-refractivity contribution < 1.29 is 28.1 Å². The summed E-state index contributed by atoms with van der Waals surface area (Å²) >= 11 is 0. The Balaban J connectivity index is 2.26. The largest absolute Gasteiger partial charge is 0.456 e. The lowest BCUT2D eigenvalue weighted by Crippen LogP contribution is -2.51. The lowest BCUT2D eigenvalue weighted by Gasteiger charge is -2.39. The van der Waals surface area contributed by atoms with Crippen LogP contribution in [0.5, 0.6) is 0 Å². The molecule has 2 rings (SSSR count). The molecule has 1 heterocycles. The van der Waals surface area contributed by atoms with Crippen LogP contribution in [-0.4, -0.2) is 34.7 Å². The summed E-state index contributed by atoms with van der Waals surface area (Å²) in [5, 5.41) is 10.4. The zero-order chi connectivity index (χ0) is 18.8. The molecule has 1 aromatic heterocycles. The number of fused-ring (bicyclic) bond motifs is 1. The van der Waals surface area contributed by atoms with E-state index in [4.69, 9.17) is 13.8 Å². The summed E-state index contributed by atoms with van der Waals surface area (Å²) in [7, 11) is 1.34. The Hall–Kier alpha value is -1.93. The number of halogens is 1. The van der Waals surface area contributed by atoms with E-state index < -0.39 is 23.0 Å². The molecule has 0 aliphatic carbocycles. The van der Waals surface area contributed by atoms with Crippen LogP contribution in [0.15, 0.2) is 16.5 Å². The average molecular weight is 350 g/mol. The van der Waals surface area contributed by atoms with E-state index in [1.54, 1.807) is 20.8 Å². The number of rotatable bonds is 7. The van der Waals surface area contributed by atoms with Crippen molar-refractivity contribution in [2.75, 3.05) is 0 Å². The van der Waals surface area contributed by atoms with Gasteiger partial charge in [0.2, 0.25) is 5.89 Å². The maximum Gasteiger partial charge on any atom is 0.334 e. The summed E-state index contributed by atoms with van der Waals surface area (Å²) in [5.74, 6) is -0.813. The summed E-state index contributed by atoms with van der Waals surface area (Å²) in [4.78, 5) is 15.0. The van der Waals surface area contributed by atoms with Gasteiger partial charge in [0, 0.05) is 13.0 Å². The van der Waals surface area contributed by atoms with E-state index in [-0.39, 0.29) is 18.0 Å². The number of oxazole rings is 1. The fourth-order valence-electron chi connectivity index (χ4n) is 2.15. The van der Waals surface area contributed by atoms with Crippen molar-refractivity contribution in [3.8, 4) is 0 Å². The van der Waals surface area contributed by atoms with Gasteiger partial charge in [-0.1, -0.05) is 6.92 Å². The third-order valence-electron chi connectivity index (χ3n) is 4.39. The molecule has 1 radical (unpaired) electrons. The summed E-state index contributed by atoms with van der Waals surface area (Å²) < 4.78 is 30.0. The Bertz CT molecular complexity index is 772. The van der Waals surface area contributed by atoms with Crippen LogP contribution in [0.3, 0.4) is 0 Å². The molecule has 0 spiro atoms. The Morgan fingerprint density at radius 3 is 2.68 bits per heavy atom. The molecule has 1 aromatic carbocycles.